The smallest absolute Gasteiger partial charge is 0.404 e. The third kappa shape index (κ3) is 9.42. The van der Waals surface area contributed by atoms with E-state index in [0.29, 0.717) is 48.2 Å². The summed E-state index contributed by atoms with van der Waals surface area (Å²) in [5, 5.41) is 5.24. The molecule has 4 N–H and O–H groups in total. The molecule has 0 bridgehead atoms. The third-order valence-corrected chi connectivity index (χ3v) is 8.86. The van der Waals surface area contributed by atoms with Crippen LogP contribution >= 0.6 is 0 Å². The minimum Gasteiger partial charge on any atom is -0.404 e. The number of aldehydes is 2. The maximum Gasteiger partial charge on any atom is 0.416 e. The van der Waals surface area contributed by atoms with Gasteiger partial charge in [-0.3, -0.25) is 24.2 Å². The van der Waals surface area contributed by atoms with Crippen LogP contribution in [0.1, 0.15) is 77.3 Å². The zero-order chi connectivity index (χ0) is 37.5. The van der Waals surface area contributed by atoms with E-state index in [1.54, 1.807) is 26.0 Å². The molecule has 4 rings (SSSR count). The van der Waals surface area contributed by atoms with Gasteiger partial charge >= 0.3 is 6.18 Å². The number of amides is 3. The summed E-state index contributed by atoms with van der Waals surface area (Å²) in [6, 6.07) is 7.28. The highest BCUT2D eigenvalue weighted by atomic mass is 19.4. The predicted molar refractivity (Wildman–Crippen MR) is 187 cm³/mol. The number of nitrogens with one attached hydrogen (secondary N) is 2. The van der Waals surface area contributed by atoms with Gasteiger partial charge in [0, 0.05) is 63.0 Å². The minimum absolute atomic E-state index is 0.0337. The highest BCUT2D eigenvalue weighted by molar-refractivity contribution is 6.04. The van der Waals surface area contributed by atoms with Crippen LogP contribution in [0.4, 0.5) is 24.5 Å². The van der Waals surface area contributed by atoms with Crippen LogP contribution < -0.4 is 21.3 Å². The zero-order valence-corrected chi connectivity index (χ0v) is 28.8. The van der Waals surface area contributed by atoms with E-state index in [-0.39, 0.29) is 35.8 Å². The topological polar surface area (TPSA) is 154 Å². The lowest BCUT2D eigenvalue weighted by Crippen LogP contribution is -2.47. The van der Waals surface area contributed by atoms with E-state index in [9.17, 15) is 37.1 Å². The molecule has 1 aliphatic heterocycles. The fourth-order valence-electron chi connectivity index (χ4n) is 5.49. The standard InChI is InChI=1S/C37H41F3N6O5/c1-36(2,35(51)44-31-14-12-27(37(38,39)40)16-29(31)25-9-10-25)43-19-23(18-41)7-8-24-20-46(21-24)28-13-11-26(22-48)30(17-28)34(50)45(4)32(6-5-15-47)33(49)42-3/h11-19,22,24-25,32H,5-6,9-10,20-21,41H2,1-4H3,(H,42,49)(H,44,51). The lowest BCUT2D eigenvalue weighted by atomic mass is 9.97. The maximum absolute atomic E-state index is 13.4. The second kappa shape index (κ2) is 16.1. The summed E-state index contributed by atoms with van der Waals surface area (Å²) in [7, 11) is 2.89. The summed E-state index contributed by atoms with van der Waals surface area (Å²) in [4.78, 5) is 69.3. The van der Waals surface area contributed by atoms with Crippen molar-refractivity contribution in [2.45, 2.75) is 63.2 Å². The Morgan fingerprint density at radius 3 is 2.41 bits per heavy atom. The number of nitrogens with two attached hydrogens (primary N) is 1. The van der Waals surface area contributed by atoms with Crippen molar-refractivity contribution in [2.75, 3.05) is 37.4 Å². The van der Waals surface area contributed by atoms with Crippen molar-refractivity contribution in [3.05, 3.63) is 70.4 Å². The van der Waals surface area contributed by atoms with Crippen LogP contribution in [0, 0.1) is 17.8 Å². The van der Waals surface area contributed by atoms with Gasteiger partial charge in [0.15, 0.2) is 6.29 Å². The van der Waals surface area contributed by atoms with E-state index >= 15 is 0 Å². The monoisotopic (exact) mass is 706 g/mol. The number of anilines is 2. The Labute approximate surface area is 294 Å². The fourth-order valence-corrected chi connectivity index (χ4v) is 5.49. The maximum atomic E-state index is 13.4. The predicted octanol–water partition coefficient (Wildman–Crippen LogP) is 4.33. The van der Waals surface area contributed by atoms with Crippen molar-refractivity contribution in [3.63, 3.8) is 0 Å². The van der Waals surface area contributed by atoms with Gasteiger partial charge < -0.3 is 31.0 Å². The van der Waals surface area contributed by atoms with E-state index in [1.165, 1.54) is 43.5 Å². The number of hydrogen-bond donors (Lipinski definition) is 3. The van der Waals surface area contributed by atoms with Crippen molar-refractivity contribution in [3.8, 4) is 11.8 Å². The van der Waals surface area contributed by atoms with Crippen molar-refractivity contribution in [1.29, 1.82) is 0 Å². The zero-order valence-electron chi connectivity index (χ0n) is 28.8. The van der Waals surface area contributed by atoms with Gasteiger partial charge in [-0.15, -0.1) is 0 Å². The summed E-state index contributed by atoms with van der Waals surface area (Å²) in [5.74, 6) is 4.52. The SMILES string of the molecule is CNC(=O)C(CCC=O)N(C)C(=O)c1cc(N2CC(C#CC(C=NC(C)(C)C(=O)Nc3ccc(C(F)(F)F)cc3C3CC3)=CN)C2)ccc1C=O. The van der Waals surface area contributed by atoms with Crippen molar-refractivity contribution in [1.82, 2.24) is 10.2 Å². The normalized spacial score (nSPS) is 15.7. The number of carbonyl (C=O) groups is 5. The van der Waals surface area contributed by atoms with Crippen molar-refractivity contribution < 1.29 is 37.1 Å². The van der Waals surface area contributed by atoms with E-state index in [2.05, 4.69) is 27.5 Å². The third-order valence-electron chi connectivity index (χ3n) is 8.86. The highest BCUT2D eigenvalue weighted by Gasteiger charge is 2.36. The number of nitrogens with zero attached hydrogens (tertiary/aromatic N) is 3. The number of alkyl halides is 3. The molecule has 51 heavy (non-hydrogen) atoms. The van der Waals surface area contributed by atoms with Crippen LogP contribution in [0.3, 0.4) is 0 Å². The van der Waals surface area contributed by atoms with Crippen LogP contribution in [0.25, 0.3) is 0 Å². The lowest BCUT2D eigenvalue weighted by Gasteiger charge is -2.38. The van der Waals surface area contributed by atoms with E-state index in [0.717, 1.165) is 25.0 Å². The molecule has 0 spiro atoms. The summed E-state index contributed by atoms with van der Waals surface area (Å²) in [5.41, 5.74) is 5.84. The number of allylic oxidation sites excluding steroid dienone is 1. The quantitative estimate of drug-likeness (QED) is 0.159. The minimum atomic E-state index is -4.48. The Morgan fingerprint density at radius 1 is 1.12 bits per heavy atom. The van der Waals surface area contributed by atoms with Crippen LogP contribution in [0.5, 0.6) is 0 Å². The number of likely N-dealkylation sites (N-methyl/N-ethyl adjacent to an activating group) is 2. The first-order valence-electron chi connectivity index (χ1n) is 16.4. The molecule has 2 aromatic carbocycles. The first-order valence-corrected chi connectivity index (χ1v) is 16.4. The number of carbonyl (C=O) groups excluding carboxylic acids is 5. The van der Waals surface area contributed by atoms with Crippen LogP contribution in [-0.2, 0) is 20.6 Å². The molecule has 11 nitrogen and oxygen atoms in total. The molecule has 1 aliphatic carbocycles. The summed E-state index contributed by atoms with van der Waals surface area (Å²) in [6.07, 6.45) is 1.12. The van der Waals surface area contributed by atoms with Crippen LogP contribution in [0.2, 0.25) is 0 Å². The van der Waals surface area contributed by atoms with Gasteiger partial charge in [0.2, 0.25) is 5.91 Å². The molecular weight excluding hydrogens is 665 g/mol. The molecular formula is C37H41F3N6O5. The molecule has 3 amide bonds. The van der Waals surface area contributed by atoms with E-state index in [4.69, 9.17) is 5.73 Å². The molecule has 1 saturated heterocycles. The fraction of sp³-hybridized carbons (Fsp3) is 0.405. The molecule has 0 radical (unpaired) electrons. The van der Waals surface area contributed by atoms with Gasteiger partial charge in [0.1, 0.15) is 17.9 Å². The molecule has 2 aromatic rings. The number of halogens is 3. The van der Waals surface area contributed by atoms with Gasteiger partial charge in [-0.25, -0.2) is 0 Å². The molecule has 0 aromatic heterocycles. The molecule has 14 heteroatoms. The second-order valence-electron chi connectivity index (χ2n) is 13.0. The van der Waals surface area contributed by atoms with Crippen LogP contribution in [-0.4, -0.2) is 80.2 Å². The Morgan fingerprint density at radius 2 is 1.82 bits per heavy atom. The van der Waals surface area contributed by atoms with Gasteiger partial charge in [0.05, 0.1) is 22.6 Å². The van der Waals surface area contributed by atoms with Gasteiger partial charge in [-0.1, -0.05) is 11.8 Å². The summed E-state index contributed by atoms with van der Waals surface area (Å²) < 4.78 is 39.8. The van der Waals surface area contributed by atoms with E-state index < -0.39 is 41.0 Å². The highest BCUT2D eigenvalue weighted by Crippen LogP contribution is 2.45. The number of rotatable bonds is 13. The molecule has 1 atom stereocenters. The molecule has 1 saturated carbocycles. The number of benzene rings is 2. The average Bonchev–Trinajstić information content (AvgIpc) is 3.93. The molecule has 1 heterocycles. The molecule has 1 unspecified atom stereocenters. The van der Waals surface area contributed by atoms with E-state index in [1.807, 2.05) is 4.90 Å². The first kappa shape index (κ1) is 38.4. The average molecular weight is 707 g/mol. The summed E-state index contributed by atoms with van der Waals surface area (Å²) >= 11 is 0. The Bertz CT molecular complexity index is 1800. The second-order valence-corrected chi connectivity index (χ2v) is 13.0. The number of aliphatic imine (C=N–C) groups is 1. The lowest BCUT2D eigenvalue weighted by molar-refractivity contribution is -0.137. The largest absolute Gasteiger partial charge is 0.416 e. The van der Waals surface area contributed by atoms with Crippen molar-refractivity contribution in [2.24, 2.45) is 16.6 Å². The van der Waals surface area contributed by atoms with Gasteiger partial charge in [0.25, 0.3) is 11.8 Å². The summed E-state index contributed by atoms with van der Waals surface area (Å²) in [6.45, 7) is 4.16. The molecule has 2 aliphatic rings. The van der Waals surface area contributed by atoms with Gasteiger partial charge in [-0.05, 0) is 81.0 Å². The van der Waals surface area contributed by atoms with Crippen LogP contribution in [0.15, 0.2) is 53.2 Å². The molecule has 2 fully saturated rings. The molecule has 270 valence electrons. The van der Waals surface area contributed by atoms with Crippen molar-refractivity contribution >= 4 is 47.9 Å². The van der Waals surface area contributed by atoms with Gasteiger partial charge in [-0.2, -0.15) is 13.2 Å². The Balaban J connectivity index is 1.39. The Hall–Kier alpha value is -5.45. The number of hydrogen-bond acceptors (Lipinski definition) is 8. The Kier molecular flexibility index (Phi) is 12.1. The first-order chi connectivity index (χ1) is 24.1.